The number of hydrogen-bond donors (Lipinski definition) is 0. The standard InChI is InChI=1S/C41H43N3O2S4/c1-6-11-13-26(8-3)24-43-38(34-21-19-32(49-34)30-17-15-28(10-5)47-30)36-37(41(43)46)39(44(40(36)45)25-27(9-4)14-12-7-2)35-22-20-33(50-35)31-18-16-29(23-42)48-31/h5,15-22,26-27H,6-9,11-14,24-25H2,1-4H3. The topological polar surface area (TPSA) is 64.4 Å². The van der Waals surface area contributed by atoms with Crippen molar-refractivity contribution in [3.8, 4) is 37.9 Å². The largest absolute Gasteiger partial charge is 0.306 e. The smallest absolute Gasteiger partial charge is 0.261 e. The quantitative estimate of drug-likeness (QED) is 0.108. The van der Waals surface area contributed by atoms with Gasteiger partial charge in [-0.1, -0.05) is 72.1 Å². The lowest BCUT2D eigenvalue weighted by atomic mass is 9.98. The molecule has 50 heavy (non-hydrogen) atoms. The Morgan fingerprint density at radius 3 is 1.40 bits per heavy atom. The van der Waals surface area contributed by atoms with Crippen LogP contribution in [0.5, 0.6) is 0 Å². The second-order valence-electron chi connectivity index (χ2n) is 13.0. The molecule has 0 aliphatic carbocycles. The number of fused-ring (bicyclic) bond motifs is 1. The number of terminal acetylenes is 1. The Bertz CT molecular complexity index is 1880. The molecule has 0 saturated carbocycles. The molecule has 2 aliphatic heterocycles. The van der Waals surface area contributed by atoms with Crippen molar-refractivity contribution in [2.75, 3.05) is 13.1 Å². The third-order valence-corrected chi connectivity index (χ3v) is 14.4. The lowest BCUT2D eigenvalue weighted by molar-refractivity contribution is -0.124. The highest BCUT2D eigenvalue weighted by atomic mass is 32.1. The van der Waals surface area contributed by atoms with Crippen LogP contribution >= 0.6 is 45.3 Å². The number of rotatable bonds is 16. The molecule has 0 bridgehead atoms. The molecule has 4 aromatic heterocycles. The number of thiophene rings is 4. The van der Waals surface area contributed by atoms with E-state index in [2.05, 4.69) is 70.0 Å². The first-order chi connectivity index (χ1) is 24.3. The zero-order valence-corrected chi connectivity index (χ0v) is 32.5. The number of carbonyl (C=O) groups excluding carboxylic acids is 2. The van der Waals surface area contributed by atoms with Gasteiger partial charge in [-0.05, 0) is 73.2 Å². The summed E-state index contributed by atoms with van der Waals surface area (Å²) in [6.07, 6.45) is 14.1. The fourth-order valence-corrected chi connectivity index (χ4v) is 10.8. The van der Waals surface area contributed by atoms with Crippen LogP contribution < -0.4 is 0 Å². The predicted octanol–water partition coefficient (Wildman–Crippen LogP) is 11.4. The number of hydrogen-bond acceptors (Lipinski definition) is 7. The van der Waals surface area contributed by atoms with Crippen molar-refractivity contribution < 1.29 is 9.59 Å². The van der Waals surface area contributed by atoms with Gasteiger partial charge in [-0.15, -0.1) is 51.8 Å². The highest BCUT2D eigenvalue weighted by Gasteiger charge is 2.50. The van der Waals surface area contributed by atoms with Crippen molar-refractivity contribution in [3.63, 3.8) is 0 Å². The van der Waals surface area contributed by atoms with Crippen molar-refractivity contribution in [2.24, 2.45) is 11.8 Å². The summed E-state index contributed by atoms with van der Waals surface area (Å²) in [5.74, 6) is 3.25. The summed E-state index contributed by atoms with van der Waals surface area (Å²) >= 11 is 6.26. The van der Waals surface area contributed by atoms with Gasteiger partial charge in [0, 0.05) is 32.6 Å². The summed E-state index contributed by atoms with van der Waals surface area (Å²) in [6, 6.07) is 18.4. The highest BCUT2D eigenvalue weighted by Crippen LogP contribution is 2.51. The van der Waals surface area contributed by atoms with Crippen LogP contribution in [0.4, 0.5) is 0 Å². The molecule has 0 saturated heterocycles. The second-order valence-corrected chi connectivity index (χ2v) is 17.4. The monoisotopic (exact) mass is 737 g/mol. The minimum absolute atomic E-state index is 0.0732. The molecule has 2 atom stereocenters. The molecule has 0 spiro atoms. The number of amides is 2. The zero-order valence-electron chi connectivity index (χ0n) is 29.2. The van der Waals surface area contributed by atoms with Gasteiger partial charge in [0.2, 0.25) is 0 Å². The number of unbranched alkanes of at least 4 members (excludes halogenated alkanes) is 2. The lowest BCUT2D eigenvalue weighted by Crippen LogP contribution is -2.34. The molecule has 2 aliphatic rings. The Balaban J connectivity index is 1.51. The molecule has 0 fully saturated rings. The van der Waals surface area contributed by atoms with E-state index in [1.54, 1.807) is 34.0 Å². The van der Waals surface area contributed by atoms with Crippen molar-refractivity contribution in [2.45, 2.75) is 79.1 Å². The van der Waals surface area contributed by atoms with Crippen LogP contribution in [-0.2, 0) is 9.59 Å². The lowest BCUT2D eigenvalue weighted by Gasteiger charge is -2.29. The first-order valence-electron chi connectivity index (χ1n) is 17.8. The van der Waals surface area contributed by atoms with Gasteiger partial charge in [0.1, 0.15) is 10.9 Å². The molecular formula is C41H43N3O2S4. The first-order valence-corrected chi connectivity index (χ1v) is 21.0. The molecule has 0 radical (unpaired) electrons. The molecule has 5 nitrogen and oxygen atoms in total. The maximum atomic E-state index is 14.9. The Labute approximate surface area is 312 Å². The minimum Gasteiger partial charge on any atom is -0.306 e. The average molecular weight is 738 g/mol. The Morgan fingerprint density at radius 1 is 0.620 bits per heavy atom. The second kappa shape index (κ2) is 16.1. The molecule has 0 aromatic carbocycles. The minimum atomic E-state index is -0.0732. The van der Waals surface area contributed by atoms with Gasteiger partial charge in [-0.2, -0.15) is 5.26 Å². The molecule has 258 valence electrons. The molecule has 0 N–H and O–H groups in total. The van der Waals surface area contributed by atoms with E-state index >= 15 is 0 Å². The van der Waals surface area contributed by atoms with E-state index in [4.69, 9.17) is 6.42 Å². The average Bonchev–Trinajstić information content (AvgIpc) is 3.98. The third-order valence-electron chi connectivity index (χ3n) is 9.78. The van der Waals surface area contributed by atoms with E-state index < -0.39 is 0 Å². The summed E-state index contributed by atoms with van der Waals surface area (Å²) in [7, 11) is 0. The van der Waals surface area contributed by atoms with Crippen molar-refractivity contribution in [1.29, 1.82) is 5.26 Å². The Morgan fingerprint density at radius 2 is 1.02 bits per heavy atom. The predicted molar refractivity (Wildman–Crippen MR) is 212 cm³/mol. The first kappa shape index (κ1) is 36.1. The third kappa shape index (κ3) is 7.07. The fourth-order valence-electron chi connectivity index (χ4n) is 6.88. The molecule has 4 aromatic rings. The van der Waals surface area contributed by atoms with Crippen LogP contribution in [-0.4, -0.2) is 34.7 Å². The van der Waals surface area contributed by atoms with Crippen molar-refractivity contribution in [3.05, 3.63) is 79.2 Å². The van der Waals surface area contributed by atoms with E-state index in [1.165, 1.54) is 11.3 Å². The summed E-state index contributed by atoms with van der Waals surface area (Å²) < 4.78 is 0. The van der Waals surface area contributed by atoms with Gasteiger partial charge in [0.05, 0.1) is 37.2 Å². The maximum absolute atomic E-state index is 14.9. The normalized spacial score (nSPS) is 15.6. The van der Waals surface area contributed by atoms with Crippen LogP contribution in [0.15, 0.2) is 59.7 Å². The van der Waals surface area contributed by atoms with Crippen molar-refractivity contribution >= 4 is 68.6 Å². The number of nitriles is 1. The van der Waals surface area contributed by atoms with Crippen LogP contribution in [0.3, 0.4) is 0 Å². The fraction of sp³-hybridized carbons (Fsp3) is 0.390. The molecule has 6 heterocycles. The summed E-state index contributed by atoms with van der Waals surface area (Å²) in [5, 5.41) is 9.45. The zero-order chi connectivity index (χ0) is 35.4. The number of nitrogens with zero attached hydrogens (tertiary/aromatic N) is 3. The maximum Gasteiger partial charge on any atom is 0.261 e. The van der Waals surface area contributed by atoms with Gasteiger partial charge in [-0.25, -0.2) is 0 Å². The van der Waals surface area contributed by atoms with E-state index in [9.17, 15) is 14.9 Å². The van der Waals surface area contributed by atoms with E-state index in [0.717, 1.165) is 96.9 Å². The summed E-state index contributed by atoms with van der Waals surface area (Å²) in [5.41, 5.74) is 2.58. The molecule has 2 unspecified atom stereocenters. The van der Waals surface area contributed by atoms with Crippen LogP contribution in [0.2, 0.25) is 0 Å². The van der Waals surface area contributed by atoms with Gasteiger partial charge >= 0.3 is 0 Å². The van der Waals surface area contributed by atoms with Crippen molar-refractivity contribution in [1.82, 2.24) is 9.80 Å². The summed E-state index contributed by atoms with van der Waals surface area (Å²) in [4.78, 5) is 41.3. The molecule has 6 rings (SSSR count). The van der Waals surface area contributed by atoms with Crippen LogP contribution in [0.1, 0.15) is 98.6 Å². The van der Waals surface area contributed by atoms with Gasteiger partial charge in [0.25, 0.3) is 11.8 Å². The summed E-state index contributed by atoms with van der Waals surface area (Å²) in [6.45, 7) is 9.97. The van der Waals surface area contributed by atoms with Gasteiger partial charge in [0.15, 0.2) is 0 Å². The highest BCUT2D eigenvalue weighted by molar-refractivity contribution is 7.23. The van der Waals surface area contributed by atoms with E-state index in [1.807, 2.05) is 28.0 Å². The Kier molecular flexibility index (Phi) is 11.6. The molecular weight excluding hydrogens is 695 g/mol. The van der Waals surface area contributed by atoms with Crippen LogP contribution in [0, 0.1) is 35.5 Å². The van der Waals surface area contributed by atoms with Gasteiger partial charge < -0.3 is 9.80 Å². The molecule has 9 heteroatoms. The van der Waals surface area contributed by atoms with E-state index in [-0.39, 0.29) is 11.8 Å². The molecule has 2 amide bonds. The van der Waals surface area contributed by atoms with E-state index in [0.29, 0.717) is 40.9 Å². The van der Waals surface area contributed by atoms with Gasteiger partial charge in [-0.3, -0.25) is 9.59 Å². The number of carbonyl (C=O) groups is 2. The Hall–Kier alpha value is -3.73. The SMILES string of the molecule is C#Cc1ccc(-c2ccc(C3=C4C(=O)N(CC(CC)CCCC)C(c5ccc(-c6ccc(C#N)s6)s5)=C4C(=O)N3CC(CC)CCCC)s2)s1. The van der Waals surface area contributed by atoms with Crippen LogP contribution in [0.25, 0.3) is 30.9 Å².